The number of benzene rings is 2. The number of fused-ring (bicyclic) bond motifs is 1. The summed E-state index contributed by atoms with van der Waals surface area (Å²) in [5.74, 6) is 0.582. The smallest absolute Gasteiger partial charge is 0.258 e. The van der Waals surface area contributed by atoms with Gasteiger partial charge in [-0.25, -0.2) is 4.98 Å². The van der Waals surface area contributed by atoms with Crippen molar-refractivity contribution in [3.8, 4) is 0 Å². The number of anilines is 1. The molecule has 5 heteroatoms. The summed E-state index contributed by atoms with van der Waals surface area (Å²) in [6, 6.07) is 13.2. The molecule has 1 aromatic heterocycles. The van der Waals surface area contributed by atoms with Gasteiger partial charge in [0.2, 0.25) is 5.91 Å². The molecule has 3 aromatic rings. The summed E-state index contributed by atoms with van der Waals surface area (Å²) in [7, 11) is 0. The van der Waals surface area contributed by atoms with E-state index in [4.69, 9.17) is 0 Å². The lowest BCUT2D eigenvalue weighted by atomic mass is 10.1. The molecule has 2 N–H and O–H groups in total. The number of carbonyl (C=O) groups is 1. The van der Waals surface area contributed by atoms with Gasteiger partial charge in [-0.1, -0.05) is 29.8 Å². The Kier molecular flexibility index (Phi) is 4.93. The Morgan fingerprint density at radius 2 is 1.96 bits per heavy atom. The molecule has 0 atom stereocenters. The number of nitrogens with zero attached hydrogens (tertiary/aromatic N) is 1. The Hall–Kier alpha value is -2.95. The lowest BCUT2D eigenvalue weighted by Crippen LogP contribution is -2.14. The topological polar surface area (TPSA) is 74.8 Å². The van der Waals surface area contributed by atoms with Crippen molar-refractivity contribution in [1.29, 1.82) is 0 Å². The number of hydrogen-bond donors (Lipinski definition) is 2. The summed E-state index contributed by atoms with van der Waals surface area (Å²) in [5, 5.41) is 3.52. The molecule has 0 saturated heterocycles. The first kappa shape index (κ1) is 16.9. The fourth-order valence-electron chi connectivity index (χ4n) is 2.84. The zero-order valence-electron chi connectivity index (χ0n) is 14.4. The second-order valence-corrected chi connectivity index (χ2v) is 6.25. The Balaban J connectivity index is 1.59. The van der Waals surface area contributed by atoms with Crippen LogP contribution in [0.5, 0.6) is 0 Å². The highest BCUT2D eigenvalue weighted by Crippen LogP contribution is 2.16. The molecule has 0 bridgehead atoms. The van der Waals surface area contributed by atoms with Crippen molar-refractivity contribution in [3.05, 3.63) is 69.8 Å². The van der Waals surface area contributed by atoms with Crippen LogP contribution in [0.4, 0.5) is 5.69 Å². The first-order valence-corrected chi connectivity index (χ1v) is 8.38. The number of rotatable bonds is 5. The predicted molar refractivity (Wildman–Crippen MR) is 99.8 cm³/mol. The summed E-state index contributed by atoms with van der Waals surface area (Å²) in [6.07, 6.45) is 1.56. The summed E-state index contributed by atoms with van der Waals surface area (Å²) >= 11 is 0. The molecule has 2 aromatic carbocycles. The molecule has 0 unspecified atom stereocenters. The van der Waals surface area contributed by atoms with Crippen molar-refractivity contribution in [1.82, 2.24) is 9.97 Å². The standard InChI is InChI=1S/C20H21N3O2/c1-13-10-11-16(14(2)12-13)22-19(24)9-5-8-18-21-17-7-4-3-6-15(17)20(25)23-18/h3-4,6-7,10-12H,5,8-9H2,1-2H3,(H,22,24)(H,21,23,25). The second-order valence-electron chi connectivity index (χ2n) is 6.25. The highest BCUT2D eigenvalue weighted by Gasteiger charge is 2.07. The van der Waals surface area contributed by atoms with Crippen LogP contribution in [0.2, 0.25) is 0 Å². The molecule has 3 rings (SSSR count). The molecule has 1 heterocycles. The average molecular weight is 335 g/mol. The molecule has 0 saturated carbocycles. The molecule has 128 valence electrons. The van der Waals surface area contributed by atoms with Crippen LogP contribution < -0.4 is 10.9 Å². The van der Waals surface area contributed by atoms with Gasteiger partial charge in [-0.15, -0.1) is 0 Å². The molecule has 0 spiro atoms. The summed E-state index contributed by atoms with van der Waals surface area (Å²) < 4.78 is 0. The van der Waals surface area contributed by atoms with Gasteiger partial charge in [-0.2, -0.15) is 0 Å². The predicted octanol–water partition coefficient (Wildman–Crippen LogP) is 3.50. The number of aryl methyl sites for hydroxylation is 3. The molecule has 0 aliphatic heterocycles. The number of para-hydroxylation sites is 1. The van der Waals surface area contributed by atoms with E-state index < -0.39 is 0 Å². The number of aromatic nitrogens is 2. The molecule has 0 aliphatic rings. The molecule has 0 fully saturated rings. The van der Waals surface area contributed by atoms with E-state index in [1.54, 1.807) is 6.07 Å². The van der Waals surface area contributed by atoms with E-state index in [0.717, 1.165) is 11.3 Å². The Bertz CT molecular complexity index is 976. The molecular formula is C20H21N3O2. The van der Waals surface area contributed by atoms with Gasteiger partial charge >= 0.3 is 0 Å². The minimum absolute atomic E-state index is 0.0323. The Labute approximate surface area is 146 Å². The summed E-state index contributed by atoms with van der Waals surface area (Å²) in [6.45, 7) is 4.00. The quantitative estimate of drug-likeness (QED) is 0.749. The van der Waals surface area contributed by atoms with Gasteiger partial charge in [0.05, 0.1) is 10.9 Å². The van der Waals surface area contributed by atoms with E-state index in [-0.39, 0.29) is 11.5 Å². The van der Waals surface area contributed by atoms with E-state index in [9.17, 15) is 9.59 Å². The van der Waals surface area contributed by atoms with Gasteiger partial charge in [-0.3, -0.25) is 9.59 Å². The lowest BCUT2D eigenvalue weighted by Gasteiger charge is -2.09. The molecule has 1 amide bonds. The van der Waals surface area contributed by atoms with Crippen molar-refractivity contribution < 1.29 is 4.79 Å². The average Bonchev–Trinajstić information content (AvgIpc) is 2.57. The number of H-pyrrole nitrogens is 1. The molecule has 25 heavy (non-hydrogen) atoms. The lowest BCUT2D eigenvalue weighted by molar-refractivity contribution is -0.116. The first-order chi connectivity index (χ1) is 12.0. The van der Waals surface area contributed by atoms with Crippen LogP contribution in [0.1, 0.15) is 29.8 Å². The Morgan fingerprint density at radius 1 is 1.16 bits per heavy atom. The fourth-order valence-corrected chi connectivity index (χ4v) is 2.84. The third-order valence-corrected chi connectivity index (χ3v) is 4.14. The minimum atomic E-state index is -0.139. The number of amides is 1. The number of hydrogen-bond acceptors (Lipinski definition) is 3. The highest BCUT2D eigenvalue weighted by molar-refractivity contribution is 5.91. The molecule has 0 aliphatic carbocycles. The van der Waals surface area contributed by atoms with Crippen LogP contribution in [0, 0.1) is 13.8 Å². The van der Waals surface area contributed by atoms with Crippen molar-refractivity contribution in [3.63, 3.8) is 0 Å². The SMILES string of the molecule is Cc1ccc(NC(=O)CCCc2nc3ccccc3c(=O)[nH]2)c(C)c1. The third kappa shape index (κ3) is 4.12. The monoisotopic (exact) mass is 335 g/mol. The van der Waals surface area contributed by atoms with Gasteiger partial charge in [0, 0.05) is 18.5 Å². The van der Waals surface area contributed by atoms with Crippen LogP contribution in [0.3, 0.4) is 0 Å². The van der Waals surface area contributed by atoms with Crippen molar-refractivity contribution >= 4 is 22.5 Å². The van der Waals surface area contributed by atoms with Crippen LogP contribution in [-0.4, -0.2) is 15.9 Å². The van der Waals surface area contributed by atoms with E-state index in [1.807, 2.05) is 50.2 Å². The fraction of sp³-hybridized carbons (Fsp3) is 0.250. The van der Waals surface area contributed by atoms with E-state index >= 15 is 0 Å². The molecule has 5 nitrogen and oxygen atoms in total. The number of carbonyl (C=O) groups excluding carboxylic acids is 1. The molecular weight excluding hydrogens is 314 g/mol. The number of nitrogens with one attached hydrogen (secondary N) is 2. The van der Waals surface area contributed by atoms with E-state index in [1.165, 1.54) is 5.56 Å². The minimum Gasteiger partial charge on any atom is -0.326 e. The maximum atomic E-state index is 12.1. The zero-order valence-corrected chi connectivity index (χ0v) is 14.4. The Morgan fingerprint density at radius 3 is 2.76 bits per heavy atom. The van der Waals surface area contributed by atoms with Gasteiger partial charge < -0.3 is 10.3 Å². The van der Waals surface area contributed by atoms with E-state index in [2.05, 4.69) is 15.3 Å². The summed E-state index contributed by atoms with van der Waals surface area (Å²) in [4.78, 5) is 31.4. The van der Waals surface area contributed by atoms with Gasteiger partial charge in [0.25, 0.3) is 5.56 Å². The normalized spacial score (nSPS) is 10.8. The van der Waals surface area contributed by atoms with Gasteiger partial charge in [0.15, 0.2) is 0 Å². The largest absolute Gasteiger partial charge is 0.326 e. The van der Waals surface area contributed by atoms with E-state index in [0.29, 0.717) is 36.0 Å². The molecule has 0 radical (unpaired) electrons. The van der Waals surface area contributed by atoms with Crippen molar-refractivity contribution in [2.75, 3.05) is 5.32 Å². The van der Waals surface area contributed by atoms with Crippen LogP contribution >= 0.6 is 0 Å². The van der Waals surface area contributed by atoms with Crippen molar-refractivity contribution in [2.24, 2.45) is 0 Å². The van der Waals surface area contributed by atoms with Gasteiger partial charge in [0.1, 0.15) is 5.82 Å². The second kappa shape index (κ2) is 7.30. The van der Waals surface area contributed by atoms with Crippen molar-refractivity contribution in [2.45, 2.75) is 33.1 Å². The van der Waals surface area contributed by atoms with Gasteiger partial charge in [-0.05, 0) is 44.0 Å². The van der Waals surface area contributed by atoms with Crippen LogP contribution in [0.15, 0.2) is 47.3 Å². The summed E-state index contributed by atoms with van der Waals surface area (Å²) in [5.41, 5.74) is 3.60. The zero-order chi connectivity index (χ0) is 17.8. The highest BCUT2D eigenvalue weighted by atomic mass is 16.1. The maximum absolute atomic E-state index is 12.1. The maximum Gasteiger partial charge on any atom is 0.258 e. The van der Waals surface area contributed by atoms with Crippen LogP contribution in [-0.2, 0) is 11.2 Å². The third-order valence-electron chi connectivity index (χ3n) is 4.14. The first-order valence-electron chi connectivity index (χ1n) is 8.38. The van der Waals surface area contributed by atoms with Crippen LogP contribution in [0.25, 0.3) is 10.9 Å². The number of aromatic amines is 1.